The third kappa shape index (κ3) is 3.39. The largest absolute Gasteiger partial charge is 0.468 e. The average Bonchev–Trinajstić information content (AvgIpc) is 3.03. The lowest BCUT2D eigenvalue weighted by molar-refractivity contribution is -0.384. The summed E-state index contributed by atoms with van der Waals surface area (Å²) in [7, 11) is 2.36. The summed E-state index contributed by atoms with van der Waals surface area (Å²) in [5, 5.41) is 21.8. The third-order valence-corrected chi connectivity index (χ3v) is 5.11. The first-order valence-electron chi connectivity index (χ1n) is 8.82. The van der Waals surface area contributed by atoms with Crippen LogP contribution in [0.25, 0.3) is 0 Å². The van der Waals surface area contributed by atoms with Crippen molar-refractivity contribution in [1.82, 2.24) is 9.96 Å². The molecule has 2 aliphatic rings. The molecule has 1 atom stereocenters. The Morgan fingerprint density at radius 2 is 2.00 bits per heavy atom. The maximum atomic E-state index is 12.8. The molecule has 11 heteroatoms. The van der Waals surface area contributed by atoms with Gasteiger partial charge in [0.2, 0.25) is 0 Å². The number of allylic oxidation sites excluding steroid dienone is 1. The van der Waals surface area contributed by atoms with Crippen molar-refractivity contribution in [3.8, 4) is 0 Å². The summed E-state index contributed by atoms with van der Waals surface area (Å²) in [6.07, 6.45) is 0. The number of rotatable bonds is 5. The van der Waals surface area contributed by atoms with Crippen molar-refractivity contribution in [2.24, 2.45) is 0 Å². The zero-order valence-corrected chi connectivity index (χ0v) is 16.4. The predicted molar refractivity (Wildman–Crippen MR) is 99.8 cm³/mol. The molecule has 0 saturated heterocycles. The second-order valence-corrected chi connectivity index (χ2v) is 6.66. The molecule has 0 radical (unpaired) electrons. The van der Waals surface area contributed by atoms with Gasteiger partial charge in [0.25, 0.3) is 11.6 Å². The van der Waals surface area contributed by atoms with Crippen molar-refractivity contribution in [2.45, 2.75) is 12.8 Å². The maximum absolute atomic E-state index is 12.8. The number of nitro groups is 1. The van der Waals surface area contributed by atoms with E-state index < -0.39 is 28.7 Å². The van der Waals surface area contributed by atoms with E-state index in [-0.39, 0.29) is 29.9 Å². The van der Waals surface area contributed by atoms with Gasteiger partial charge in [0, 0.05) is 17.8 Å². The molecule has 1 unspecified atom stereocenters. The van der Waals surface area contributed by atoms with E-state index in [2.05, 4.69) is 0 Å². The van der Waals surface area contributed by atoms with Crippen LogP contribution in [0.5, 0.6) is 0 Å². The van der Waals surface area contributed by atoms with E-state index in [1.807, 2.05) is 0 Å². The molecule has 1 aromatic rings. The van der Waals surface area contributed by atoms with E-state index in [9.17, 15) is 29.7 Å². The Kier molecular flexibility index (Phi) is 5.56. The van der Waals surface area contributed by atoms with Gasteiger partial charge in [-0.05, 0) is 12.5 Å². The summed E-state index contributed by atoms with van der Waals surface area (Å²) in [5.41, 5.74) is 0.759. The standard InChI is InChI=1S/C19H19N3O8/c1-10-15(19(25)30-3)16(11-5-4-6-12(7-11)22(27)28)17-13(8-21(26)18(17)24)20(10)9-14(23)29-2/h4-7,16,26H,8-9H2,1-3H3. The van der Waals surface area contributed by atoms with Crippen molar-refractivity contribution < 1.29 is 34.0 Å². The van der Waals surface area contributed by atoms with Crippen molar-refractivity contribution in [2.75, 3.05) is 27.3 Å². The highest BCUT2D eigenvalue weighted by Crippen LogP contribution is 2.45. The monoisotopic (exact) mass is 417 g/mol. The van der Waals surface area contributed by atoms with E-state index >= 15 is 0 Å². The van der Waals surface area contributed by atoms with Crippen LogP contribution in [0.4, 0.5) is 5.69 Å². The first-order valence-corrected chi connectivity index (χ1v) is 8.82. The lowest BCUT2D eigenvalue weighted by Crippen LogP contribution is -2.37. The first kappa shape index (κ1) is 21.0. The van der Waals surface area contributed by atoms with Crippen LogP contribution < -0.4 is 0 Å². The molecule has 11 nitrogen and oxygen atoms in total. The smallest absolute Gasteiger partial charge is 0.336 e. The molecule has 0 saturated carbocycles. The van der Waals surface area contributed by atoms with Crippen molar-refractivity contribution in [3.05, 3.63) is 62.5 Å². The van der Waals surface area contributed by atoms with E-state index in [0.717, 1.165) is 7.11 Å². The number of nitro benzene ring substituents is 1. The minimum atomic E-state index is -1.02. The average molecular weight is 417 g/mol. The number of carbonyl (C=O) groups excluding carboxylic acids is 3. The van der Waals surface area contributed by atoms with Gasteiger partial charge in [-0.1, -0.05) is 12.1 Å². The number of ether oxygens (including phenoxy) is 2. The number of hydrogen-bond donors (Lipinski definition) is 1. The number of amides is 1. The summed E-state index contributed by atoms with van der Waals surface area (Å²) in [5.74, 6) is -3.19. The molecule has 0 fully saturated rings. The van der Waals surface area contributed by atoms with Gasteiger partial charge >= 0.3 is 11.9 Å². The van der Waals surface area contributed by atoms with Gasteiger partial charge in [0.05, 0.1) is 48.4 Å². The Morgan fingerprint density at radius 3 is 2.60 bits per heavy atom. The molecule has 3 rings (SSSR count). The van der Waals surface area contributed by atoms with Crippen molar-refractivity contribution >= 4 is 23.5 Å². The van der Waals surface area contributed by atoms with E-state index in [1.165, 1.54) is 30.2 Å². The van der Waals surface area contributed by atoms with E-state index in [4.69, 9.17) is 9.47 Å². The topological polar surface area (TPSA) is 140 Å². The normalized spacial score (nSPS) is 18.5. The highest BCUT2D eigenvalue weighted by Gasteiger charge is 2.46. The Balaban J connectivity index is 2.26. The summed E-state index contributed by atoms with van der Waals surface area (Å²) in [6, 6.07) is 5.53. The second-order valence-electron chi connectivity index (χ2n) is 6.66. The summed E-state index contributed by atoms with van der Waals surface area (Å²) < 4.78 is 9.60. The fourth-order valence-corrected chi connectivity index (χ4v) is 3.72. The van der Waals surface area contributed by atoms with Gasteiger partial charge in [-0.25, -0.2) is 9.86 Å². The lowest BCUT2D eigenvalue weighted by Gasteiger charge is -2.35. The number of benzene rings is 1. The van der Waals surface area contributed by atoms with Crippen LogP contribution in [-0.4, -0.2) is 65.2 Å². The van der Waals surface area contributed by atoms with Gasteiger partial charge in [-0.2, -0.15) is 0 Å². The zero-order chi connectivity index (χ0) is 22.2. The molecule has 1 N–H and O–H groups in total. The fraction of sp³-hybridized carbons (Fsp3) is 0.316. The number of nitrogens with zero attached hydrogens (tertiary/aromatic N) is 3. The lowest BCUT2D eigenvalue weighted by atomic mass is 9.80. The second kappa shape index (κ2) is 7.95. The van der Waals surface area contributed by atoms with Gasteiger partial charge < -0.3 is 14.4 Å². The number of esters is 2. The molecule has 0 aromatic heterocycles. The quantitative estimate of drug-likeness (QED) is 0.323. The van der Waals surface area contributed by atoms with Crippen LogP contribution in [-0.2, 0) is 23.9 Å². The molecule has 0 bridgehead atoms. The summed E-state index contributed by atoms with van der Waals surface area (Å²) >= 11 is 0. The van der Waals surface area contributed by atoms with Crippen LogP contribution in [0.2, 0.25) is 0 Å². The van der Waals surface area contributed by atoms with Crippen molar-refractivity contribution in [1.29, 1.82) is 0 Å². The zero-order valence-electron chi connectivity index (χ0n) is 16.4. The number of methoxy groups -OCH3 is 2. The molecule has 30 heavy (non-hydrogen) atoms. The third-order valence-electron chi connectivity index (χ3n) is 5.11. The Bertz CT molecular complexity index is 1010. The number of hydrogen-bond acceptors (Lipinski definition) is 9. The van der Waals surface area contributed by atoms with E-state index in [0.29, 0.717) is 22.0 Å². The van der Waals surface area contributed by atoms with Crippen LogP contribution in [0, 0.1) is 10.1 Å². The first-order chi connectivity index (χ1) is 14.2. The predicted octanol–water partition coefficient (Wildman–Crippen LogP) is 1.10. The van der Waals surface area contributed by atoms with Gasteiger partial charge in [0.1, 0.15) is 6.54 Å². The SMILES string of the molecule is COC(=O)CN1C(C)=C(C(=O)OC)C(c2cccc([N+](=O)[O-])c2)C2=C1CN(O)C2=O. The Morgan fingerprint density at radius 1 is 1.30 bits per heavy atom. The minimum Gasteiger partial charge on any atom is -0.468 e. The molecule has 158 valence electrons. The molecule has 1 amide bonds. The van der Waals surface area contributed by atoms with Crippen molar-refractivity contribution in [3.63, 3.8) is 0 Å². The van der Waals surface area contributed by atoms with Crippen LogP contribution in [0.3, 0.4) is 0 Å². The number of carbonyl (C=O) groups is 3. The highest BCUT2D eigenvalue weighted by molar-refractivity contribution is 6.03. The molecule has 2 heterocycles. The van der Waals surface area contributed by atoms with Gasteiger partial charge in [-0.3, -0.25) is 24.9 Å². The molecular formula is C19H19N3O8. The number of non-ortho nitro benzene ring substituents is 1. The summed E-state index contributed by atoms with van der Waals surface area (Å²) in [6.45, 7) is 1.04. The van der Waals surface area contributed by atoms with Crippen LogP contribution in [0.1, 0.15) is 18.4 Å². The Labute approximate surface area is 170 Å². The van der Waals surface area contributed by atoms with Crippen LogP contribution >= 0.6 is 0 Å². The number of hydroxylamine groups is 2. The van der Waals surface area contributed by atoms with E-state index in [1.54, 1.807) is 13.0 Å². The molecule has 1 aromatic carbocycles. The Hall–Kier alpha value is -3.73. The van der Waals surface area contributed by atoms with Crippen LogP contribution in [0.15, 0.2) is 46.8 Å². The highest BCUT2D eigenvalue weighted by atomic mass is 16.6. The molecule has 0 spiro atoms. The molecule has 0 aliphatic carbocycles. The van der Waals surface area contributed by atoms with Gasteiger partial charge in [-0.15, -0.1) is 0 Å². The summed E-state index contributed by atoms with van der Waals surface area (Å²) in [4.78, 5) is 49.5. The molecular weight excluding hydrogens is 398 g/mol. The maximum Gasteiger partial charge on any atom is 0.336 e. The molecule has 2 aliphatic heterocycles. The minimum absolute atomic E-state index is 0.0318. The van der Waals surface area contributed by atoms with Gasteiger partial charge in [0.15, 0.2) is 0 Å². The fourth-order valence-electron chi connectivity index (χ4n) is 3.72.